The van der Waals surface area contributed by atoms with E-state index in [9.17, 15) is 4.79 Å². The molecule has 4 aromatic rings. The molecule has 0 bridgehead atoms. The van der Waals surface area contributed by atoms with Gasteiger partial charge in [-0.3, -0.25) is 4.79 Å². The highest BCUT2D eigenvalue weighted by Crippen LogP contribution is 2.27. The van der Waals surface area contributed by atoms with Crippen LogP contribution in [-0.2, 0) is 4.79 Å². The van der Waals surface area contributed by atoms with E-state index in [1.54, 1.807) is 4.52 Å². The summed E-state index contributed by atoms with van der Waals surface area (Å²) in [5.41, 5.74) is 2.37. The Hall–Kier alpha value is -3.26. The number of fused-ring (bicyclic) bond motifs is 1. The molecule has 1 amide bonds. The second-order valence-electron chi connectivity index (χ2n) is 6.16. The number of aromatic nitrogens is 4. The van der Waals surface area contributed by atoms with Crippen LogP contribution >= 0.6 is 11.3 Å². The lowest BCUT2D eigenvalue weighted by Gasteiger charge is -2.04. The SMILES string of the molecule is CC(=CC(=O)Nc1cccc(-c2nn3c(C)nnc3s2)c1)c1ccc(C)o1. The van der Waals surface area contributed by atoms with Gasteiger partial charge >= 0.3 is 0 Å². The average molecular weight is 379 g/mol. The van der Waals surface area contributed by atoms with Crippen molar-refractivity contribution in [3.8, 4) is 10.6 Å². The standard InChI is InChI=1S/C19H17N5O2S/c1-11(16-8-7-12(2)26-16)9-17(25)20-15-6-4-5-14(10-15)18-23-24-13(3)21-22-19(24)27-18/h4-10H,1-3H3,(H,20,25). The lowest BCUT2D eigenvalue weighted by Crippen LogP contribution is -2.08. The van der Waals surface area contributed by atoms with Crippen molar-refractivity contribution in [2.24, 2.45) is 0 Å². The molecule has 3 aromatic heterocycles. The van der Waals surface area contributed by atoms with E-state index in [1.807, 2.05) is 57.2 Å². The van der Waals surface area contributed by atoms with Crippen molar-refractivity contribution in [2.75, 3.05) is 5.32 Å². The summed E-state index contributed by atoms with van der Waals surface area (Å²) in [6.45, 7) is 5.57. The van der Waals surface area contributed by atoms with Crippen LogP contribution in [0.25, 0.3) is 21.1 Å². The molecule has 0 atom stereocenters. The number of anilines is 1. The molecule has 1 N–H and O–H groups in total. The van der Waals surface area contributed by atoms with Gasteiger partial charge in [0, 0.05) is 17.3 Å². The average Bonchev–Trinajstić information content (AvgIpc) is 3.33. The highest BCUT2D eigenvalue weighted by molar-refractivity contribution is 7.19. The number of benzene rings is 1. The van der Waals surface area contributed by atoms with E-state index in [0.29, 0.717) is 11.4 Å². The van der Waals surface area contributed by atoms with Gasteiger partial charge in [0.2, 0.25) is 10.9 Å². The quantitative estimate of drug-likeness (QED) is 0.540. The number of carbonyl (C=O) groups is 1. The highest BCUT2D eigenvalue weighted by Gasteiger charge is 2.11. The largest absolute Gasteiger partial charge is 0.462 e. The summed E-state index contributed by atoms with van der Waals surface area (Å²) in [4.78, 5) is 13.1. The van der Waals surface area contributed by atoms with E-state index in [-0.39, 0.29) is 5.91 Å². The fraction of sp³-hybridized carbons (Fsp3) is 0.158. The van der Waals surface area contributed by atoms with Crippen LogP contribution in [0, 0.1) is 13.8 Å². The zero-order valence-electron chi connectivity index (χ0n) is 15.1. The molecule has 8 heteroatoms. The number of hydrogen-bond acceptors (Lipinski definition) is 6. The zero-order chi connectivity index (χ0) is 19.0. The van der Waals surface area contributed by atoms with Crippen molar-refractivity contribution in [1.82, 2.24) is 19.8 Å². The van der Waals surface area contributed by atoms with Crippen LogP contribution in [-0.4, -0.2) is 25.7 Å². The predicted molar refractivity (Wildman–Crippen MR) is 105 cm³/mol. The van der Waals surface area contributed by atoms with Crippen LogP contribution in [0.1, 0.15) is 24.3 Å². The molecule has 0 spiro atoms. The molecule has 0 aliphatic carbocycles. The Morgan fingerprint density at radius 3 is 2.81 bits per heavy atom. The summed E-state index contributed by atoms with van der Waals surface area (Å²) in [6.07, 6.45) is 1.53. The normalized spacial score (nSPS) is 11.9. The van der Waals surface area contributed by atoms with Gasteiger partial charge in [-0.05, 0) is 50.6 Å². The summed E-state index contributed by atoms with van der Waals surface area (Å²) in [5, 5.41) is 16.3. The van der Waals surface area contributed by atoms with Crippen molar-refractivity contribution in [1.29, 1.82) is 0 Å². The van der Waals surface area contributed by atoms with Gasteiger partial charge in [0.15, 0.2) is 5.82 Å². The van der Waals surface area contributed by atoms with Gasteiger partial charge in [0.05, 0.1) is 0 Å². The van der Waals surface area contributed by atoms with Crippen molar-refractivity contribution in [2.45, 2.75) is 20.8 Å². The number of furan rings is 1. The van der Waals surface area contributed by atoms with E-state index in [0.717, 1.165) is 32.7 Å². The molecule has 0 unspecified atom stereocenters. The third-order valence-electron chi connectivity index (χ3n) is 4.00. The van der Waals surface area contributed by atoms with Crippen LogP contribution in [0.15, 0.2) is 46.9 Å². The van der Waals surface area contributed by atoms with E-state index in [1.165, 1.54) is 17.4 Å². The molecule has 0 radical (unpaired) electrons. The molecule has 0 aliphatic rings. The third-order valence-corrected chi connectivity index (χ3v) is 4.95. The molecule has 0 aliphatic heterocycles. The second-order valence-corrected chi connectivity index (χ2v) is 7.11. The minimum Gasteiger partial charge on any atom is -0.462 e. The Morgan fingerprint density at radius 1 is 1.22 bits per heavy atom. The predicted octanol–water partition coefficient (Wildman–Crippen LogP) is 4.10. The van der Waals surface area contributed by atoms with Crippen LogP contribution in [0.3, 0.4) is 0 Å². The monoisotopic (exact) mass is 379 g/mol. The van der Waals surface area contributed by atoms with Crippen molar-refractivity contribution >= 4 is 33.5 Å². The summed E-state index contributed by atoms with van der Waals surface area (Å²) >= 11 is 1.45. The van der Waals surface area contributed by atoms with Gasteiger partial charge in [-0.1, -0.05) is 23.5 Å². The molecule has 4 rings (SSSR count). The number of aryl methyl sites for hydroxylation is 2. The molecule has 1 aromatic carbocycles. The van der Waals surface area contributed by atoms with Crippen LogP contribution in [0.5, 0.6) is 0 Å². The van der Waals surface area contributed by atoms with Crippen LogP contribution in [0.2, 0.25) is 0 Å². The topological polar surface area (TPSA) is 85.3 Å². The van der Waals surface area contributed by atoms with E-state index < -0.39 is 0 Å². The van der Waals surface area contributed by atoms with Gasteiger partial charge in [-0.25, -0.2) is 0 Å². The Morgan fingerprint density at radius 2 is 2.07 bits per heavy atom. The summed E-state index contributed by atoms with van der Waals surface area (Å²) in [6, 6.07) is 11.3. The first-order valence-corrected chi connectivity index (χ1v) is 9.16. The van der Waals surface area contributed by atoms with Gasteiger partial charge in [-0.15, -0.1) is 10.2 Å². The summed E-state index contributed by atoms with van der Waals surface area (Å²) in [7, 11) is 0. The summed E-state index contributed by atoms with van der Waals surface area (Å²) < 4.78 is 7.25. The number of rotatable bonds is 4. The Labute approximate surface area is 159 Å². The highest BCUT2D eigenvalue weighted by atomic mass is 32.1. The van der Waals surface area contributed by atoms with Crippen molar-refractivity contribution in [3.63, 3.8) is 0 Å². The molecule has 0 saturated carbocycles. The minimum atomic E-state index is -0.215. The smallest absolute Gasteiger partial charge is 0.248 e. The van der Waals surface area contributed by atoms with Crippen molar-refractivity contribution in [3.05, 3.63) is 59.8 Å². The van der Waals surface area contributed by atoms with Gasteiger partial charge in [0.25, 0.3) is 0 Å². The number of amides is 1. The molecule has 3 heterocycles. The number of nitrogens with zero attached hydrogens (tertiary/aromatic N) is 4. The van der Waals surface area contributed by atoms with Gasteiger partial charge < -0.3 is 9.73 Å². The maximum atomic E-state index is 12.3. The third kappa shape index (κ3) is 3.52. The number of carbonyl (C=O) groups excluding carboxylic acids is 1. The molecular weight excluding hydrogens is 362 g/mol. The number of nitrogens with one attached hydrogen (secondary N) is 1. The lowest BCUT2D eigenvalue weighted by atomic mass is 10.2. The van der Waals surface area contributed by atoms with Crippen molar-refractivity contribution < 1.29 is 9.21 Å². The number of allylic oxidation sites excluding steroid dienone is 1. The first kappa shape index (κ1) is 17.2. The Bertz CT molecular complexity index is 1170. The van der Waals surface area contributed by atoms with Crippen LogP contribution < -0.4 is 5.32 Å². The fourth-order valence-electron chi connectivity index (χ4n) is 2.65. The summed E-state index contributed by atoms with van der Waals surface area (Å²) in [5.74, 6) is 2.02. The molecule has 27 heavy (non-hydrogen) atoms. The van der Waals surface area contributed by atoms with Gasteiger partial charge in [-0.2, -0.15) is 9.61 Å². The Kier molecular flexibility index (Phi) is 4.33. The molecule has 7 nitrogen and oxygen atoms in total. The van der Waals surface area contributed by atoms with E-state index in [4.69, 9.17) is 4.42 Å². The van der Waals surface area contributed by atoms with E-state index >= 15 is 0 Å². The molecular formula is C19H17N5O2S. The Balaban J connectivity index is 1.54. The lowest BCUT2D eigenvalue weighted by molar-refractivity contribution is -0.111. The zero-order valence-corrected chi connectivity index (χ0v) is 15.9. The molecule has 0 saturated heterocycles. The first-order valence-electron chi connectivity index (χ1n) is 8.35. The minimum absolute atomic E-state index is 0.215. The van der Waals surface area contributed by atoms with E-state index in [2.05, 4.69) is 20.6 Å². The molecule has 0 fully saturated rings. The maximum absolute atomic E-state index is 12.3. The fourth-order valence-corrected chi connectivity index (χ4v) is 3.54. The number of hydrogen-bond donors (Lipinski definition) is 1. The molecule has 136 valence electrons. The first-order chi connectivity index (χ1) is 13.0. The van der Waals surface area contributed by atoms with Crippen LogP contribution in [0.4, 0.5) is 5.69 Å². The second kappa shape index (κ2) is 6.81. The maximum Gasteiger partial charge on any atom is 0.248 e. The van der Waals surface area contributed by atoms with Gasteiger partial charge in [0.1, 0.15) is 16.5 Å².